The molecule has 0 fully saturated rings. The molecule has 4 nitrogen and oxygen atoms in total. The smallest absolute Gasteiger partial charge is 0.260 e. The van der Waals surface area contributed by atoms with Crippen molar-refractivity contribution in [3.05, 3.63) is 28.5 Å². The molecule has 120 valence electrons. The first kappa shape index (κ1) is 20.1. The van der Waals surface area contributed by atoms with Crippen molar-refractivity contribution in [3.8, 4) is 5.75 Å². The van der Waals surface area contributed by atoms with E-state index in [4.69, 9.17) is 4.74 Å². The molecule has 1 aromatic rings. The lowest BCUT2D eigenvalue weighted by Gasteiger charge is -2.15. The molecule has 7 heteroatoms. The summed E-state index contributed by atoms with van der Waals surface area (Å²) in [5.41, 5.74) is 0. The van der Waals surface area contributed by atoms with Crippen LogP contribution in [0.4, 0.5) is 4.39 Å². The highest BCUT2D eigenvalue weighted by Crippen LogP contribution is 2.26. The van der Waals surface area contributed by atoms with Crippen LogP contribution in [-0.4, -0.2) is 31.6 Å². The number of halogens is 3. The molecule has 0 saturated carbocycles. The predicted molar refractivity (Wildman–Crippen MR) is 87.6 cm³/mol. The van der Waals surface area contributed by atoms with Gasteiger partial charge in [-0.25, -0.2) is 4.39 Å². The summed E-state index contributed by atoms with van der Waals surface area (Å²) in [5.74, 6) is -0.110. The molecule has 0 radical (unpaired) electrons. The van der Waals surface area contributed by atoms with Gasteiger partial charge in [-0.05, 0) is 54.0 Å². The first-order valence-electron chi connectivity index (χ1n) is 6.64. The summed E-state index contributed by atoms with van der Waals surface area (Å²) in [5, 5.41) is 5.97. The minimum Gasteiger partial charge on any atom is -0.480 e. The zero-order valence-corrected chi connectivity index (χ0v) is 14.5. The fraction of sp³-hybridized carbons (Fsp3) is 0.500. The third-order valence-corrected chi connectivity index (χ3v) is 3.21. The largest absolute Gasteiger partial charge is 0.480 e. The van der Waals surface area contributed by atoms with Gasteiger partial charge < -0.3 is 15.4 Å². The van der Waals surface area contributed by atoms with Crippen LogP contribution in [0, 0.1) is 5.82 Å². The van der Waals surface area contributed by atoms with Crippen LogP contribution in [0.3, 0.4) is 0 Å². The van der Waals surface area contributed by atoms with Crippen LogP contribution in [0.2, 0.25) is 0 Å². The van der Waals surface area contributed by atoms with Crippen molar-refractivity contribution in [3.63, 3.8) is 0 Å². The van der Waals surface area contributed by atoms with Gasteiger partial charge in [0.1, 0.15) is 11.6 Å². The van der Waals surface area contributed by atoms with Crippen LogP contribution < -0.4 is 15.4 Å². The van der Waals surface area contributed by atoms with E-state index >= 15 is 0 Å². The molecule has 0 aliphatic carbocycles. The topological polar surface area (TPSA) is 50.4 Å². The van der Waals surface area contributed by atoms with E-state index in [9.17, 15) is 9.18 Å². The maximum Gasteiger partial charge on any atom is 0.260 e. The van der Waals surface area contributed by atoms with E-state index in [1.54, 1.807) is 6.92 Å². The second-order valence-corrected chi connectivity index (χ2v) is 5.23. The van der Waals surface area contributed by atoms with Crippen molar-refractivity contribution >= 4 is 34.2 Å². The highest BCUT2D eigenvalue weighted by atomic mass is 79.9. The van der Waals surface area contributed by atoms with Gasteiger partial charge in [0.25, 0.3) is 5.91 Å². The van der Waals surface area contributed by atoms with E-state index in [2.05, 4.69) is 33.5 Å². The minimum absolute atomic E-state index is 0. The van der Waals surface area contributed by atoms with Crippen molar-refractivity contribution in [2.45, 2.75) is 26.4 Å². The number of ether oxygens (including phenoxy) is 1. The SMILES string of the molecule is CCCNCCNC(=O)C(C)Oc1ccc(F)cc1Br.Cl. The molecular weight excluding hydrogens is 363 g/mol. The van der Waals surface area contributed by atoms with E-state index in [1.165, 1.54) is 18.2 Å². The van der Waals surface area contributed by atoms with Gasteiger partial charge in [0.15, 0.2) is 6.10 Å². The Morgan fingerprint density at radius 1 is 1.38 bits per heavy atom. The normalized spacial score (nSPS) is 11.4. The van der Waals surface area contributed by atoms with Crippen LogP contribution >= 0.6 is 28.3 Å². The summed E-state index contributed by atoms with van der Waals surface area (Å²) in [6.45, 7) is 5.96. The Balaban J connectivity index is 0.00000400. The number of rotatable bonds is 8. The molecule has 0 spiro atoms. The highest BCUT2D eigenvalue weighted by Gasteiger charge is 2.15. The summed E-state index contributed by atoms with van der Waals surface area (Å²) < 4.78 is 18.9. The predicted octanol–water partition coefficient (Wildman–Crippen LogP) is 2.89. The Bertz CT molecular complexity index is 449. The van der Waals surface area contributed by atoms with Gasteiger partial charge in [0, 0.05) is 13.1 Å². The van der Waals surface area contributed by atoms with Crippen molar-refractivity contribution in [2.75, 3.05) is 19.6 Å². The molecule has 1 rings (SSSR count). The van der Waals surface area contributed by atoms with Crippen LogP contribution in [0.1, 0.15) is 20.3 Å². The molecule has 1 atom stereocenters. The number of nitrogens with one attached hydrogen (secondary N) is 2. The molecule has 2 N–H and O–H groups in total. The van der Waals surface area contributed by atoms with Gasteiger partial charge in [-0.1, -0.05) is 6.92 Å². The number of hydrogen-bond donors (Lipinski definition) is 2. The zero-order valence-electron chi connectivity index (χ0n) is 12.1. The lowest BCUT2D eigenvalue weighted by molar-refractivity contribution is -0.127. The van der Waals surface area contributed by atoms with Gasteiger partial charge in [0.2, 0.25) is 0 Å². The summed E-state index contributed by atoms with van der Waals surface area (Å²) >= 11 is 3.20. The second kappa shape index (κ2) is 10.8. The van der Waals surface area contributed by atoms with Gasteiger partial charge in [-0.2, -0.15) is 0 Å². The van der Waals surface area contributed by atoms with E-state index in [1.807, 2.05) is 0 Å². The molecule has 0 aliphatic heterocycles. The molecule has 0 aromatic heterocycles. The van der Waals surface area contributed by atoms with Crippen molar-refractivity contribution in [1.29, 1.82) is 0 Å². The van der Waals surface area contributed by atoms with E-state index in [0.29, 0.717) is 16.8 Å². The monoisotopic (exact) mass is 382 g/mol. The fourth-order valence-corrected chi connectivity index (χ4v) is 1.98. The molecule has 21 heavy (non-hydrogen) atoms. The summed E-state index contributed by atoms with van der Waals surface area (Å²) in [7, 11) is 0. The minimum atomic E-state index is -0.636. The van der Waals surface area contributed by atoms with E-state index in [-0.39, 0.29) is 24.1 Å². The van der Waals surface area contributed by atoms with E-state index in [0.717, 1.165) is 19.5 Å². The summed E-state index contributed by atoms with van der Waals surface area (Å²) in [4.78, 5) is 11.8. The number of carbonyl (C=O) groups excluding carboxylic acids is 1. The lowest BCUT2D eigenvalue weighted by atomic mass is 10.3. The third-order valence-electron chi connectivity index (χ3n) is 2.59. The molecule has 0 saturated heterocycles. The maximum atomic E-state index is 12.9. The Hall–Kier alpha value is -0.850. The quantitative estimate of drug-likeness (QED) is 0.679. The molecule has 1 aromatic carbocycles. The van der Waals surface area contributed by atoms with Gasteiger partial charge in [-0.3, -0.25) is 4.79 Å². The second-order valence-electron chi connectivity index (χ2n) is 4.38. The molecule has 0 aliphatic rings. The van der Waals surface area contributed by atoms with Gasteiger partial charge >= 0.3 is 0 Å². The Morgan fingerprint density at radius 3 is 2.71 bits per heavy atom. The third kappa shape index (κ3) is 7.64. The average Bonchev–Trinajstić information content (AvgIpc) is 2.41. The zero-order chi connectivity index (χ0) is 15.0. The first-order valence-corrected chi connectivity index (χ1v) is 7.44. The Kier molecular flexibility index (Phi) is 10.4. The van der Waals surface area contributed by atoms with Crippen molar-refractivity contribution < 1.29 is 13.9 Å². The standard InChI is InChI=1S/C14H20BrFN2O2.ClH/c1-3-6-17-7-8-18-14(19)10(2)20-13-5-4-11(16)9-12(13)15;/h4-5,9-10,17H,3,6-8H2,1-2H3,(H,18,19);1H. The maximum absolute atomic E-state index is 12.9. The number of carbonyl (C=O) groups is 1. The summed E-state index contributed by atoms with van der Waals surface area (Å²) in [6.07, 6.45) is 0.425. The number of hydrogen-bond acceptors (Lipinski definition) is 3. The molecule has 0 bridgehead atoms. The molecular formula is C14H21BrClFN2O2. The molecule has 1 unspecified atom stereocenters. The Labute approximate surface area is 139 Å². The van der Waals surface area contributed by atoms with Crippen LogP contribution in [-0.2, 0) is 4.79 Å². The number of amides is 1. The first-order chi connectivity index (χ1) is 9.54. The van der Waals surface area contributed by atoms with E-state index < -0.39 is 6.10 Å². The fourth-order valence-electron chi connectivity index (χ4n) is 1.53. The Morgan fingerprint density at radius 2 is 2.10 bits per heavy atom. The van der Waals surface area contributed by atoms with Crippen LogP contribution in [0.15, 0.2) is 22.7 Å². The average molecular weight is 384 g/mol. The molecule has 1 amide bonds. The van der Waals surface area contributed by atoms with Crippen LogP contribution in [0.5, 0.6) is 5.75 Å². The van der Waals surface area contributed by atoms with Crippen LogP contribution in [0.25, 0.3) is 0 Å². The van der Waals surface area contributed by atoms with Gasteiger partial charge in [0.05, 0.1) is 4.47 Å². The van der Waals surface area contributed by atoms with Gasteiger partial charge in [-0.15, -0.1) is 12.4 Å². The lowest BCUT2D eigenvalue weighted by Crippen LogP contribution is -2.39. The highest BCUT2D eigenvalue weighted by molar-refractivity contribution is 9.10. The van der Waals surface area contributed by atoms with Crippen molar-refractivity contribution in [2.24, 2.45) is 0 Å². The molecule has 0 heterocycles. The summed E-state index contributed by atoms with van der Waals surface area (Å²) in [6, 6.07) is 4.08. The van der Waals surface area contributed by atoms with Crippen molar-refractivity contribution in [1.82, 2.24) is 10.6 Å². The number of benzene rings is 1.